The summed E-state index contributed by atoms with van der Waals surface area (Å²) in [5.41, 5.74) is 16.5. The molecule has 10 heteroatoms. The number of nitrogens with zero attached hydrogens (tertiary/aromatic N) is 1. The lowest BCUT2D eigenvalue weighted by Gasteiger charge is -2.19. The zero-order valence-electron chi connectivity index (χ0n) is 27.5. The van der Waals surface area contributed by atoms with Crippen molar-refractivity contribution in [3.8, 4) is 0 Å². The average molecular weight is 613 g/mol. The second-order valence-corrected chi connectivity index (χ2v) is 11.6. The number of hydrogen-bond donors (Lipinski definition) is 3. The van der Waals surface area contributed by atoms with Gasteiger partial charge in [0.25, 0.3) is 0 Å². The Bertz CT molecular complexity index is 730. The van der Waals surface area contributed by atoms with E-state index in [1.807, 2.05) is 0 Å². The SMILES string of the molecule is CCCCCCCCCCCC(=O)OCC(COC(=O)C(N)CCCN=C(N)N)OC(=O)CCCCCCCCCCC. The largest absolute Gasteiger partial charge is 0.462 e. The minimum absolute atomic E-state index is 0.0180. The molecule has 0 aromatic heterocycles. The quantitative estimate of drug-likeness (QED) is 0.0281. The highest BCUT2D eigenvalue weighted by molar-refractivity contribution is 5.76. The van der Waals surface area contributed by atoms with E-state index in [1.54, 1.807) is 0 Å². The summed E-state index contributed by atoms with van der Waals surface area (Å²) in [5.74, 6) is -1.37. The molecule has 0 spiro atoms. The van der Waals surface area contributed by atoms with E-state index in [0.717, 1.165) is 38.5 Å². The van der Waals surface area contributed by atoms with Crippen molar-refractivity contribution in [2.24, 2.45) is 22.2 Å². The lowest BCUT2D eigenvalue weighted by Crippen LogP contribution is -2.36. The summed E-state index contributed by atoms with van der Waals surface area (Å²) >= 11 is 0. The third-order valence-electron chi connectivity index (χ3n) is 7.38. The smallest absolute Gasteiger partial charge is 0.323 e. The van der Waals surface area contributed by atoms with Gasteiger partial charge in [0.05, 0.1) is 0 Å². The number of aliphatic imine (C=N–C) groups is 1. The molecule has 0 heterocycles. The molecule has 0 saturated carbocycles. The summed E-state index contributed by atoms with van der Waals surface area (Å²) in [6.45, 7) is 4.40. The summed E-state index contributed by atoms with van der Waals surface area (Å²) in [6, 6.07) is -0.860. The third-order valence-corrected chi connectivity index (χ3v) is 7.38. The van der Waals surface area contributed by atoms with Crippen LogP contribution in [0.2, 0.25) is 0 Å². The standard InChI is InChI=1S/C33H64N4O6/c1-3-5-7-9-11-13-15-17-19-23-30(38)41-26-28(27-42-32(40)29(34)22-21-25-37-33(35)36)43-31(39)24-20-18-16-14-12-10-8-6-4-2/h28-29H,3-27,34H2,1-2H3,(H4,35,36,37). The Balaban J connectivity index is 4.50. The molecule has 0 aliphatic heterocycles. The highest BCUT2D eigenvalue weighted by Crippen LogP contribution is 2.13. The van der Waals surface area contributed by atoms with Gasteiger partial charge in [-0.25, -0.2) is 0 Å². The Hall–Kier alpha value is -2.36. The van der Waals surface area contributed by atoms with E-state index in [9.17, 15) is 14.4 Å². The van der Waals surface area contributed by atoms with Gasteiger partial charge in [0.15, 0.2) is 12.1 Å². The zero-order chi connectivity index (χ0) is 32.0. The Kier molecular flexibility index (Phi) is 28.1. The van der Waals surface area contributed by atoms with Crippen LogP contribution in [0.5, 0.6) is 0 Å². The number of carbonyl (C=O) groups is 3. The first-order valence-electron chi connectivity index (χ1n) is 17.1. The number of guanidine groups is 1. The van der Waals surface area contributed by atoms with Crippen LogP contribution in [-0.2, 0) is 28.6 Å². The van der Waals surface area contributed by atoms with Crippen molar-refractivity contribution in [1.29, 1.82) is 0 Å². The van der Waals surface area contributed by atoms with Crippen LogP contribution in [0.25, 0.3) is 0 Å². The van der Waals surface area contributed by atoms with Gasteiger partial charge in [0.2, 0.25) is 0 Å². The summed E-state index contributed by atoms with van der Waals surface area (Å²) in [5, 5.41) is 0. The molecule has 43 heavy (non-hydrogen) atoms. The molecule has 252 valence electrons. The summed E-state index contributed by atoms with van der Waals surface area (Å²) in [7, 11) is 0. The van der Waals surface area contributed by atoms with Crippen LogP contribution < -0.4 is 17.2 Å². The van der Waals surface area contributed by atoms with Gasteiger partial charge >= 0.3 is 17.9 Å². The molecule has 2 atom stereocenters. The molecule has 0 radical (unpaired) electrons. The number of unbranched alkanes of at least 4 members (excludes halogenated alkanes) is 16. The molecule has 2 unspecified atom stereocenters. The van der Waals surface area contributed by atoms with Gasteiger partial charge < -0.3 is 31.4 Å². The summed E-state index contributed by atoms with van der Waals surface area (Å²) in [6.07, 6.45) is 21.3. The van der Waals surface area contributed by atoms with E-state index in [1.165, 1.54) is 77.0 Å². The van der Waals surface area contributed by atoms with E-state index >= 15 is 0 Å². The topological polar surface area (TPSA) is 169 Å². The number of esters is 3. The number of hydrogen-bond acceptors (Lipinski definition) is 8. The van der Waals surface area contributed by atoms with Crippen molar-refractivity contribution in [2.75, 3.05) is 19.8 Å². The zero-order valence-corrected chi connectivity index (χ0v) is 27.5. The molecule has 0 aromatic rings. The van der Waals surface area contributed by atoms with E-state index in [-0.39, 0.29) is 37.5 Å². The highest BCUT2D eigenvalue weighted by atomic mass is 16.6. The second-order valence-electron chi connectivity index (χ2n) is 11.6. The average Bonchev–Trinajstić information content (AvgIpc) is 2.98. The molecular formula is C33H64N4O6. The lowest BCUT2D eigenvalue weighted by atomic mass is 10.1. The molecule has 0 saturated heterocycles. The molecule has 0 fully saturated rings. The van der Waals surface area contributed by atoms with Crippen molar-refractivity contribution in [3.05, 3.63) is 0 Å². The van der Waals surface area contributed by atoms with Gasteiger partial charge in [-0.1, -0.05) is 117 Å². The maximum Gasteiger partial charge on any atom is 0.323 e. The Labute approximate surface area is 261 Å². The molecule has 0 amide bonds. The maximum absolute atomic E-state index is 12.5. The van der Waals surface area contributed by atoms with Crippen molar-refractivity contribution < 1.29 is 28.6 Å². The number of nitrogens with two attached hydrogens (primary N) is 3. The molecular weight excluding hydrogens is 548 g/mol. The fraction of sp³-hybridized carbons (Fsp3) is 0.879. The fourth-order valence-corrected chi connectivity index (χ4v) is 4.70. The van der Waals surface area contributed by atoms with Gasteiger partial charge in [-0.2, -0.15) is 0 Å². The number of ether oxygens (including phenoxy) is 3. The van der Waals surface area contributed by atoms with Crippen LogP contribution in [0.3, 0.4) is 0 Å². The van der Waals surface area contributed by atoms with Gasteiger partial charge in [-0.15, -0.1) is 0 Å². The van der Waals surface area contributed by atoms with Crippen LogP contribution in [0, 0.1) is 0 Å². The predicted octanol–water partition coefficient (Wildman–Crippen LogP) is 6.21. The molecule has 0 rings (SSSR count). The first-order valence-corrected chi connectivity index (χ1v) is 17.1. The molecule has 0 aliphatic carbocycles. The first kappa shape index (κ1) is 40.6. The van der Waals surface area contributed by atoms with Crippen LogP contribution in [0.15, 0.2) is 4.99 Å². The molecule has 0 aliphatic rings. The van der Waals surface area contributed by atoms with Crippen LogP contribution in [-0.4, -0.2) is 55.8 Å². The van der Waals surface area contributed by atoms with Gasteiger partial charge in [0.1, 0.15) is 19.3 Å². The fourth-order valence-electron chi connectivity index (χ4n) is 4.70. The van der Waals surface area contributed by atoms with Gasteiger partial charge in [-0.3, -0.25) is 19.4 Å². The predicted molar refractivity (Wildman–Crippen MR) is 173 cm³/mol. The van der Waals surface area contributed by atoms with Crippen molar-refractivity contribution in [1.82, 2.24) is 0 Å². The monoisotopic (exact) mass is 612 g/mol. The van der Waals surface area contributed by atoms with E-state index < -0.39 is 18.1 Å². The Morgan fingerprint density at radius 2 is 1.05 bits per heavy atom. The van der Waals surface area contributed by atoms with Crippen molar-refractivity contribution in [2.45, 2.75) is 167 Å². The van der Waals surface area contributed by atoms with Crippen molar-refractivity contribution in [3.63, 3.8) is 0 Å². The Morgan fingerprint density at radius 3 is 1.53 bits per heavy atom. The van der Waals surface area contributed by atoms with E-state index in [2.05, 4.69) is 18.8 Å². The molecule has 6 N–H and O–H groups in total. The Morgan fingerprint density at radius 1 is 0.605 bits per heavy atom. The maximum atomic E-state index is 12.5. The van der Waals surface area contributed by atoms with Crippen molar-refractivity contribution >= 4 is 23.9 Å². The third kappa shape index (κ3) is 28.2. The molecule has 0 bridgehead atoms. The summed E-state index contributed by atoms with van der Waals surface area (Å²) < 4.78 is 16.3. The minimum atomic E-state index is -0.879. The first-order chi connectivity index (χ1) is 20.8. The number of rotatable bonds is 30. The summed E-state index contributed by atoms with van der Waals surface area (Å²) in [4.78, 5) is 41.1. The lowest BCUT2D eigenvalue weighted by molar-refractivity contribution is -0.167. The normalized spacial score (nSPS) is 12.3. The molecule has 10 nitrogen and oxygen atoms in total. The highest BCUT2D eigenvalue weighted by Gasteiger charge is 2.22. The van der Waals surface area contributed by atoms with Gasteiger partial charge in [-0.05, 0) is 25.7 Å². The minimum Gasteiger partial charge on any atom is -0.462 e. The van der Waals surface area contributed by atoms with Gasteiger partial charge in [0, 0.05) is 19.4 Å². The van der Waals surface area contributed by atoms with E-state index in [4.69, 9.17) is 31.4 Å². The second kappa shape index (κ2) is 29.7. The molecule has 0 aromatic carbocycles. The van der Waals surface area contributed by atoms with Crippen LogP contribution in [0.1, 0.15) is 155 Å². The van der Waals surface area contributed by atoms with E-state index in [0.29, 0.717) is 25.8 Å². The van der Waals surface area contributed by atoms with Crippen LogP contribution >= 0.6 is 0 Å². The number of carbonyl (C=O) groups excluding carboxylic acids is 3. The van der Waals surface area contributed by atoms with Crippen LogP contribution in [0.4, 0.5) is 0 Å².